The molecule has 2 aromatic rings. The Kier molecular flexibility index (Phi) is 6.18. The van der Waals surface area contributed by atoms with Crippen LogP contribution >= 0.6 is 0 Å². The van der Waals surface area contributed by atoms with Crippen molar-refractivity contribution in [1.82, 2.24) is 0 Å². The molecule has 2 rings (SSSR count). The smallest absolute Gasteiger partial charge is 0.337 e. The summed E-state index contributed by atoms with van der Waals surface area (Å²) in [5, 5.41) is 0. The molecule has 0 fully saturated rings. The van der Waals surface area contributed by atoms with Gasteiger partial charge >= 0.3 is 5.97 Å². The van der Waals surface area contributed by atoms with Crippen LogP contribution in [-0.2, 0) is 16.1 Å². The standard InChI is InChI=1S/C19H22O4/c1-14(2)19(22-13-15-7-5-4-6-8-15)23-17-11-9-16(10-12-17)18(20)21-3/h4-12,14,19H,13H2,1-3H3. The van der Waals surface area contributed by atoms with Crippen LogP contribution in [0, 0.1) is 5.92 Å². The number of carbonyl (C=O) groups is 1. The summed E-state index contributed by atoms with van der Waals surface area (Å²) in [6, 6.07) is 16.8. The molecule has 4 nitrogen and oxygen atoms in total. The summed E-state index contributed by atoms with van der Waals surface area (Å²) in [5.41, 5.74) is 1.59. The van der Waals surface area contributed by atoms with Gasteiger partial charge in [0.05, 0.1) is 19.3 Å². The predicted molar refractivity (Wildman–Crippen MR) is 88.3 cm³/mol. The summed E-state index contributed by atoms with van der Waals surface area (Å²) in [6.45, 7) is 4.57. The second kappa shape index (κ2) is 8.34. The van der Waals surface area contributed by atoms with Gasteiger partial charge in [-0.25, -0.2) is 4.79 Å². The third-order valence-corrected chi connectivity index (χ3v) is 3.33. The average Bonchev–Trinajstić information content (AvgIpc) is 2.59. The lowest BCUT2D eigenvalue weighted by Crippen LogP contribution is -2.26. The zero-order chi connectivity index (χ0) is 16.7. The Hall–Kier alpha value is -2.33. The molecule has 0 aromatic heterocycles. The quantitative estimate of drug-likeness (QED) is 0.571. The molecule has 0 aliphatic carbocycles. The SMILES string of the molecule is COC(=O)c1ccc(OC(OCc2ccccc2)C(C)C)cc1. The van der Waals surface area contributed by atoms with Crippen LogP contribution in [-0.4, -0.2) is 19.4 Å². The number of benzene rings is 2. The first-order chi connectivity index (χ1) is 11.1. The third kappa shape index (κ3) is 5.11. The summed E-state index contributed by atoms with van der Waals surface area (Å²) in [7, 11) is 1.36. The Balaban J connectivity index is 1.97. The molecule has 1 atom stereocenters. The molecule has 0 spiro atoms. The minimum absolute atomic E-state index is 0.194. The average molecular weight is 314 g/mol. The Morgan fingerprint density at radius 2 is 1.65 bits per heavy atom. The molecule has 0 aliphatic rings. The van der Waals surface area contributed by atoms with Crippen LogP contribution in [0.3, 0.4) is 0 Å². The van der Waals surface area contributed by atoms with Crippen molar-refractivity contribution in [2.75, 3.05) is 7.11 Å². The summed E-state index contributed by atoms with van der Waals surface area (Å²) in [5.74, 6) is 0.487. The summed E-state index contributed by atoms with van der Waals surface area (Å²) >= 11 is 0. The fraction of sp³-hybridized carbons (Fsp3) is 0.316. The van der Waals surface area contributed by atoms with Crippen LogP contribution in [0.5, 0.6) is 5.75 Å². The van der Waals surface area contributed by atoms with Gasteiger partial charge in [0.15, 0.2) is 0 Å². The van der Waals surface area contributed by atoms with Gasteiger partial charge in [0.1, 0.15) is 5.75 Å². The minimum atomic E-state index is -0.364. The zero-order valence-electron chi connectivity index (χ0n) is 13.7. The largest absolute Gasteiger partial charge is 0.465 e. The summed E-state index contributed by atoms with van der Waals surface area (Å²) in [4.78, 5) is 11.4. The fourth-order valence-electron chi connectivity index (χ4n) is 2.04. The van der Waals surface area contributed by atoms with Gasteiger partial charge < -0.3 is 14.2 Å². The molecule has 0 saturated carbocycles. The van der Waals surface area contributed by atoms with E-state index in [1.165, 1.54) is 7.11 Å². The first-order valence-corrected chi connectivity index (χ1v) is 7.60. The highest BCUT2D eigenvalue weighted by Crippen LogP contribution is 2.19. The van der Waals surface area contributed by atoms with E-state index < -0.39 is 0 Å². The molecule has 4 heteroatoms. The van der Waals surface area contributed by atoms with Gasteiger partial charge in [-0.2, -0.15) is 0 Å². The maximum atomic E-state index is 11.4. The van der Waals surface area contributed by atoms with E-state index in [1.54, 1.807) is 24.3 Å². The first kappa shape index (κ1) is 17.0. The number of carbonyl (C=O) groups excluding carboxylic acids is 1. The Morgan fingerprint density at radius 1 is 1.00 bits per heavy atom. The van der Waals surface area contributed by atoms with E-state index in [9.17, 15) is 4.79 Å². The minimum Gasteiger partial charge on any atom is -0.465 e. The first-order valence-electron chi connectivity index (χ1n) is 7.60. The van der Waals surface area contributed by atoms with Crippen LogP contribution in [0.25, 0.3) is 0 Å². The van der Waals surface area contributed by atoms with E-state index in [2.05, 4.69) is 4.74 Å². The highest BCUT2D eigenvalue weighted by Gasteiger charge is 2.16. The van der Waals surface area contributed by atoms with Crippen molar-refractivity contribution in [1.29, 1.82) is 0 Å². The molecular weight excluding hydrogens is 292 g/mol. The Morgan fingerprint density at radius 3 is 2.22 bits per heavy atom. The molecule has 0 aliphatic heterocycles. The van der Waals surface area contributed by atoms with Crippen LogP contribution in [0.2, 0.25) is 0 Å². The third-order valence-electron chi connectivity index (χ3n) is 3.33. The van der Waals surface area contributed by atoms with Gasteiger partial charge in [-0.3, -0.25) is 0 Å². The van der Waals surface area contributed by atoms with Gasteiger partial charge in [-0.05, 0) is 29.8 Å². The lowest BCUT2D eigenvalue weighted by molar-refractivity contribution is -0.116. The van der Waals surface area contributed by atoms with Gasteiger partial charge in [-0.1, -0.05) is 44.2 Å². The molecule has 0 radical (unpaired) electrons. The zero-order valence-corrected chi connectivity index (χ0v) is 13.7. The fourth-order valence-corrected chi connectivity index (χ4v) is 2.04. The molecule has 0 amide bonds. The van der Waals surface area contributed by atoms with Crippen LogP contribution in [0.4, 0.5) is 0 Å². The maximum Gasteiger partial charge on any atom is 0.337 e. The molecule has 0 N–H and O–H groups in total. The number of hydrogen-bond acceptors (Lipinski definition) is 4. The number of ether oxygens (including phenoxy) is 3. The van der Waals surface area contributed by atoms with Crippen molar-refractivity contribution in [2.24, 2.45) is 5.92 Å². The van der Waals surface area contributed by atoms with E-state index in [0.29, 0.717) is 17.9 Å². The highest BCUT2D eigenvalue weighted by atomic mass is 16.7. The van der Waals surface area contributed by atoms with Gasteiger partial charge in [-0.15, -0.1) is 0 Å². The van der Waals surface area contributed by atoms with E-state index >= 15 is 0 Å². The van der Waals surface area contributed by atoms with E-state index in [4.69, 9.17) is 9.47 Å². The number of hydrogen-bond donors (Lipinski definition) is 0. The topological polar surface area (TPSA) is 44.8 Å². The lowest BCUT2D eigenvalue weighted by atomic mass is 10.2. The van der Waals surface area contributed by atoms with E-state index in [0.717, 1.165) is 5.56 Å². The highest BCUT2D eigenvalue weighted by molar-refractivity contribution is 5.89. The molecule has 0 bridgehead atoms. The van der Waals surface area contributed by atoms with Crippen molar-refractivity contribution in [3.63, 3.8) is 0 Å². The van der Waals surface area contributed by atoms with Crippen molar-refractivity contribution in [3.05, 3.63) is 65.7 Å². The molecular formula is C19H22O4. The number of esters is 1. The molecule has 0 saturated heterocycles. The molecule has 122 valence electrons. The van der Waals surface area contributed by atoms with Crippen molar-refractivity contribution in [2.45, 2.75) is 26.7 Å². The lowest BCUT2D eigenvalue weighted by Gasteiger charge is -2.23. The second-order valence-electron chi connectivity index (χ2n) is 5.54. The van der Waals surface area contributed by atoms with Crippen molar-refractivity contribution >= 4 is 5.97 Å². The van der Waals surface area contributed by atoms with Crippen LogP contribution in [0.15, 0.2) is 54.6 Å². The Bertz CT molecular complexity index is 605. The van der Waals surface area contributed by atoms with Gasteiger partial charge in [0, 0.05) is 5.92 Å². The van der Waals surface area contributed by atoms with Crippen LogP contribution < -0.4 is 4.74 Å². The molecule has 2 aromatic carbocycles. The van der Waals surface area contributed by atoms with Gasteiger partial charge in [0.2, 0.25) is 6.29 Å². The van der Waals surface area contributed by atoms with E-state index in [-0.39, 0.29) is 18.2 Å². The molecule has 1 unspecified atom stereocenters. The van der Waals surface area contributed by atoms with Gasteiger partial charge in [0.25, 0.3) is 0 Å². The molecule has 23 heavy (non-hydrogen) atoms. The Labute approximate surface area is 137 Å². The van der Waals surface area contributed by atoms with Crippen molar-refractivity contribution in [3.8, 4) is 5.75 Å². The second-order valence-corrected chi connectivity index (χ2v) is 5.54. The van der Waals surface area contributed by atoms with Crippen LogP contribution in [0.1, 0.15) is 29.8 Å². The molecule has 0 heterocycles. The number of methoxy groups -OCH3 is 1. The van der Waals surface area contributed by atoms with Crippen molar-refractivity contribution < 1.29 is 19.0 Å². The predicted octanol–water partition coefficient (Wildman–Crippen LogP) is 4.05. The normalized spacial score (nSPS) is 12.0. The van der Waals surface area contributed by atoms with E-state index in [1.807, 2.05) is 44.2 Å². The monoisotopic (exact) mass is 314 g/mol. The summed E-state index contributed by atoms with van der Waals surface area (Å²) in [6.07, 6.45) is -0.362. The number of rotatable bonds is 7. The maximum absolute atomic E-state index is 11.4. The summed E-state index contributed by atoms with van der Waals surface area (Å²) < 4.78 is 16.4.